The fourth-order valence-corrected chi connectivity index (χ4v) is 11.2. The highest BCUT2D eigenvalue weighted by atomic mass is 79.9. The van der Waals surface area contributed by atoms with E-state index in [1.807, 2.05) is 74.5 Å². The number of carbonyl (C=O) groups is 3. The maximum atomic E-state index is 14.6. The third-order valence-corrected chi connectivity index (χ3v) is 11.7. The predicted molar refractivity (Wildman–Crippen MR) is 167 cm³/mol. The smallest absolute Gasteiger partial charge is 0.244 e. The van der Waals surface area contributed by atoms with E-state index in [9.17, 15) is 19.5 Å². The Morgan fingerprint density at radius 2 is 1.66 bits per heavy atom. The van der Waals surface area contributed by atoms with E-state index in [1.54, 1.807) is 16.7 Å². The van der Waals surface area contributed by atoms with Crippen LogP contribution < -0.4 is 10.6 Å². The molecular weight excluding hydrogens is 602 g/mol. The van der Waals surface area contributed by atoms with Crippen molar-refractivity contribution in [2.75, 3.05) is 11.9 Å². The van der Waals surface area contributed by atoms with Gasteiger partial charge in [-0.2, -0.15) is 0 Å². The number of nitrogens with zero attached hydrogens (tertiary/aromatic N) is 1. The van der Waals surface area contributed by atoms with Gasteiger partial charge in [0.15, 0.2) is 0 Å². The Morgan fingerprint density at radius 1 is 1.05 bits per heavy atom. The van der Waals surface area contributed by atoms with Gasteiger partial charge in [-0.05, 0) is 49.8 Å². The molecule has 0 radical (unpaired) electrons. The third-order valence-electron chi connectivity index (χ3n) is 8.45. The number of carbonyl (C=O) groups excluding carboxylic acids is 3. The van der Waals surface area contributed by atoms with Crippen molar-refractivity contribution in [3.8, 4) is 0 Å². The summed E-state index contributed by atoms with van der Waals surface area (Å²) in [5, 5.41) is 16.8. The molecule has 3 aliphatic rings. The number of fused-ring (bicyclic) bond motifs is 1. The SMILES string of the molecule is CC(C)(C)CC(C)(C)NC(=O)C1N([C@H](CO)c2ccccc2)C(=O)[C@@H]2[C@H](C(=O)Nc3ccccc3)[C@H]3SC12CC3Br. The van der Waals surface area contributed by atoms with Gasteiger partial charge in [-0.15, -0.1) is 11.8 Å². The molecule has 1 spiro atoms. The first-order valence-electron chi connectivity index (χ1n) is 14.3. The largest absolute Gasteiger partial charge is 0.394 e. The first kappa shape index (κ1) is 30.1. The van der Waals surface area contributed by atoms with Crippen LogP contribution in [0.2, 0.25) is 0 Å². The van der Waals surface area contributed by atoms with E-state index in [4.69, 9.17) is 0 Å². The van der Waals surface area contributed by atoms with Crippen LogP contribution in [-0.4, -0.2) is 60.7 Å². The fraction of sp³-hybridized carbons (Fsp3) is 0.531. The molecule has 7 nitrogen and oxygen atoms in total. The average molecular weight is 643 g/mol. The zero-order valence-corrected chi connectivity index (χ0v) is 26.7. The monoisotopic (exact) mass is 641 g/mol. The maximum Gasteiger partial charge on any atom is 0.244 e. The van der Waals surface area contributed by atoms with Crippen molar-refractivity contribution in [2.45, 2.75) is 79.9 Å². The van der Waals surface area contributed by atoms with Gasteiger partial charge in [-0.25, -0.2) is 0 Å². The molecule has 0 saturated carbocycles. The number of hydrogen-bond acceptors (Lipinski definition) is 5. The van der Waals surface area contributed by atoms with E-state index in [2.05, 4.69) is 47.3 Å². The number of alkyl halides is 1. The van der Waals surface area contributed by atoms with E-state index < -0.39 is 34.2 Å². The predicted octanol–water partition coefficient (Wildman–Crippen LogP) is 5.15. The molecular formula is C32H40BrN3O4S. The van der Waals surface area contributed by atoms with Gasteiger partial charge in [-0.3, -0.25) is 14.4 Å². The third kappa shape index (κ3) is 5.57. The molecule has 3 N–H and O–H groups in total. The van der Waals surface area contributed by atoms with E-state index in [0.717, 1.165) is 12.0 Å². The first-order valence-corrected chi connectivity index (χ1v) is 16.1. The Kier molecular flexibility index (Phi) is 8.11. The van der Waals surface area contributed by atoms with Crippen molar-refractivity contribution in [1.29, 1.82) is 0 Å². The lowest BCUT2D eigenvalue weighted by molar-refractivity contribution is -0.142. The molecule has 220 valence electrons. The minimum absolute atomic E-state index is 0.0252. The van der Waals surface area contributed by atoms with Crippen LogP contribution in [0.4, 0.5) is 5.69 Å². The molecule has 2 aromatic carbocycles. The first-order chi connectivity index (χ1) is 19.3. The van der Waals surface area contributed by atoms with Gasteiger partial charge >= 0.3 is 0 Å². The van der Waals surface area contributed by atoms with Gasteiger partial charge in [0.05, 0.1) is 29.2 Å². The number of aliphatic hydroxyl groups excluding tert-OH is 1. The Morgan fingerprint density at radius 3 is 2.24 bits per heavy atom. The Bertz CT molecular complexity index is 1300. The van der Waals surface area contributed by atoms with Crippen molar-refractivity contribution in [3.63, 3.8) is 0 Å². The van der Waals surface area contributed by atoms with Crippen LogP contribution in [0, 0.1) is 17.3 Å². The van der Waals surface area contributed by atoms with Gasteiger partial charge < -0.3 is 20.6 Å². The minimum Gasteiger partial charge on any atom is -0.394 e. The van der Waals surface area contributed by atoms with E-state index in [-0.39, 0.29) is 39.8 Å². The van der Waals surface area contributed by atoms with Crippen LogP contribution in [0.5, 0.6) is 0 Å². The fourth-order valence-electron chi connectivity index (χ4n) is 7.55. The van der Waals surface area contributed by atoms with Crippen molar-refractivity contribution in [2.24, 2.45) is 17.3 Å². The zero-order chi connectivity index (χ0) is 29.7. The standard InChI is InChI=1S/C32H40BrN3O4S/c1-30(2,3)18-31(4,5)35-28(39)26-32-16-21(33)25(41-32)23(27(38)34-20-14-10-7-11-15-20)24(32)29(40)36(26)22(17-37)19-12-8-6-9-13-19/h6-15,21-26,37H,16-18H2,1-5H3,(H,34,38)(H,35,39)/t21?,22-,23+,24+,25+,26?,32?/m1/s1. The van der Waals surface area contributed by atoms with Crippen LogP contribution in [0.3, 0.4) is 0 Å². The number of anilines is 1. The van der Waals surface area contributed by atoms with Gasteiger partial charge in [0.2, 0.25) is 17.7 Å². The summed E-state index contributed by atoms with van der Waals surface area (Å²) < 4.78 is -0.807. The van der Waals surface area contributed by atoms with Crippen molar-refractivity contribution in [3.05, 3.63) is 66.2 Å². The molecule has 41 heavy (non-hydrogen) atoms. The van der Waals surface area contributed by atoms with E-state index in [0.29, 0.717) is 12.1 Å². The van der Waals surface area contributed by atoms with Crippen LogP contribution in [0.15, 0.2) is 60.7 Å². The second kappa shape index (κ2) is 11.0. The highest BCUT2D eigenvalue weighted by molar-refractivity contribution is 9.09. The van der Waals surface area contributed by atoms with Gasteiger partial charge in [0.1, 0.15) is 6.04 Å². The Balaban J connectivity index is 1.57. The van der Waals surface area contributed by atoms with Crippen molar-refractivity contribution in [1.82, 2.24) is 10.2 Å². The summed E-state index contributed by atoms with van der Waals surface area (Å²) in [6.45, 7) is 10.1. The topological polar surface area (TPSA) is 98.7 Å². The Hall–Kier alpha value is -2.36. The summed E-state index contributed by atoms with van der Waals surface area (Å²) in [5.41, 5.74) is 0.873. The average Bonchev–Trinajstić information content (AvgIpc) is 3.47. The zero-order valence-electron chi connectivity index (χ0n) is 24.3. The molecule has 3 fully saturated rings. The molecule has 3 saturated heterocycles. The number of hydrogen-bond donors (Lipinski definition) is 3. The number of thioether (sulfide) groups is 1. The number of benzene rings is 2. The molecule has 3 heterocycles. The summed E-state index contributed by atoms with van der Waals surface area (Å²) in [7, 11) is 0. The van der Waals surface area contributed by atoms with Crippen LogP contribution in [-0.2, 0) is 14.4 Å². The highest BCUT2D eigenvalue weighted by Crippen LogP contribution is 2.68. The molecule has 3 unspecified atom stereocenters. The number of amides is 3. The highest BCUT2D eigenvalue weighted by Gasteiger charge is 2.76. The molecule has 0 aliphatic carbocycles. The summed E-state index contributed by atoms with van der Waals surface area (Å²) in [4.78, 5) is 44.4. The van der Waals surface area contributed by atoms with Gasteiger partial charge in [0.25, 0.3) is 0 Å². The second-order valence-electron chi connectivity index (χ2n) is 13.5. The summed E-state index contributed by atoms with van der Waals surface area (Å²) in [6, 6.07) is 17.0. The molecule has 2 bridgehead atoms. The van der Waals surface area contributed by atoms with Crippen molar-refractivity contribution < 1.29 is 19.5 Å². The second-order valence-corrected chi connectivity index (χ2v) is 16.2. The quantitative estimate of drug-likeness (QED) is 0.346. The number of nitrogens with one attached hydrogen (secondary N) is 2. The number of rotatable bonds is 8. The molecule has 7 atom stereocenters. The number of aliphatic hydroxyl groups is 1. The van der Waals surface area contributed by atoms with Gasteiger partial charge in [-0.1, -0.05) is 85.2 Å². The number of para-hydroxylation sites is 1. The molecule has 3 aliphatic heterocycles. The lowest BCUT2D eigenvalue weighted by atomic mass is 9.70. The molecule has 2 aromatic rings. The lowest BCUT2D eigenvalue weighted by Gasteiger charge is -2.40. The molecule has 0 aromatic heterocycles. The van der Waals surface area contributed by atoms with Crippen LogP contribution in [0.1, 0.15) is 59.1 Å². The molecule has 3 amide bonds. The molecule has 5 rings (SSSR count). The normalized spacial score (nSPS) is 29.8. The van der Waals surface area contributed by atoms with Crippen LogP contribution in [0.25, 0.3) is 0 Å². The maximum absolute atomic E-state index is 14.6. The van der Waals surface area contributed by atoms with E-state index in [1.165, 1.54) is 0 Å². The Labute approximate surface area is 255 Å². The van der Waals surface area contributed by atoms with Gasteiger partial charge in [0, 0.05) is 21.3 Å². The summed E-state index contributed by atoms with van der Waals surface area (Å²) in [6.07, 6.45) is 1.32. The number of likely N-dealkylation sites (tertiary alicyclic amines) is 1. The molecule has 9 heteroatoms. The van der Waals surface area contributed by atoms with Crippen LogP contribution >= 0.6 is 27.7 Å². The summed E-state index contributed by atoms with van der Waals surface area (Å²) >= 11 is 5.42. The number of halogens is 1. The summed E-state index contributed by atoms with van der Waals surface area (Å²) in [5.74, 6) is -2.00. The van der Waals surface area contributed by atoms with E-state index >= 15 is 0 Å². The van der Waals surface area contributed by atoms with Crippen molar-refractivity contribution >= 4 is 51.1 Å². The minimum atomic E-state index is -0.846. The lowest BCUT2D eigenvalue weighted by Crippen LogP contribution is -2.59.